The minimum Gasteiger partial charge on any atom is -0.303 e. The van der Waals surface area contributed by atoms with Crippen molar-refractivity contribution in [3.05, 3.63) is 0 Å². The molecule has 2 fully saturated rings. The van der Waals surface area contributed by atoms with Crippen LogP contribution in [0.4, 0.5) is 0 Å². The minimum absolute atomic E-state index is 0.897. The summed E-state index contributed by atoms with van der Waals surface area (Å²) in [5.74, 6) is 2.97. The SMILES string of the molecule is CC(C)C[C@@H]1C[C@@H]2CCN(C1)C2. The van der Waals surface area contributed by atoms with E-state index in [-0.39, 0.29) is 0 Å². The third kappa shape index (κ3) is 1.82. The summed E-state index contributed by atoms with van der Waals surface area (Å²) in [6.45, 7) is 8.90. The number of fused-ring (bicyclic) bond motifs is 2. The fourth-order valence-electron chi connectivity index (χ4n) is 3.02. The first-order valence-corrected chi connectivity index (χ1v) is 5.46. The fourth-order valence-corrected chi connectivity index (χ4v) is 3.02. The first-order valence-electron chi connectivity index (χ1n) is 5.46. The molecule has 0 aromatic heterocycles. The molecule has 2 aliphatic heterocycles. The lowest BCUT2D eigenvalue weighted by atomic mass is 9.86. The Kier molecular flexibility index (Phi) is 2.40. The lowest BCUT2D eigenvalue weighted by molar-refractivity contribution is 0.182. The van der Waals surface area contributed by atoms with Gasteiger partial charge in [-0.05, 0) is 43.6 Å². The average molecular weight is 167 g/mol. The number of piperidine rings is 1. The van der Waals surface area contributed by atoms with E-state index in [0.717, 1.165) is 17.8 Å². The molecule has 12 heavy (non-hydrogen) atoms. The highest BCUT2D eigenvalue weighted by atomic mass is 15.2. The first-order chi connectivity index (χ1) is 5.74. The van der Waals surface area contributed by atoms with Crippen LogP contribution in [0.2, 0.25) is 0 Å². The summed E-state index contributed by atoms with van der Waals surface area (Å²) < 4.78 is 0. The molecule has 2 bridgehead atoms. The van der Waals surface area contributed by atoms with Gasteiger partial charge in [-0.3, -0.25) is 0 Å². The maximum Gasteiger partial charge on any atom is 0.00104 e. The quantitative estimate of drug-likeness (QED) is 0.610. The number of nitrogens with zero attached hydrogens (tertiary/aromatic N) is 1. The van der Waals surface area contributed by atoms with E-state index in [9.17, 15) is 0 Å². The zero-order chi connectivity index (χ0) is 8.55. The van der Waals surface area contributed by atoms with E-state index in [1.54, 1.807) is 0 Å². The van der Waals surface area contributed by atoms with E-state index < -0.39 is 0 Å². The van der Waals surface area contributed by atoms with Crippen molar-refractivity contribution in [1.29, 1.82) is 0 Å². The Hall–Kier alpha value is -0.0400. The summed E-state index contributed by atoms with van der Waals surface area (Å²) in [7, 11) is 0. The Labute approximate surface area is 76.1 Å². The Bertz CT molecular complexity index is 141. The van der Waals surface area contributed by atoms with Crippen LogP contribution in [-0.4, -0.2) is 24.5 Å². The summed E-state index contributed by atoms with van der Waals surface area (Å²) in [6, 6.07) is 0. The minimum atomic E-state index is 0.897. The van der Waals surface area contributed by atoms with Gasteiger partial charge < -0.3 is 4.90 Å². The van der Waals surface area contributed by atoms with Crippen LogP contribution in [0.3, 0.4) is 0 Å². The molecule has 0 radical (unpaired) electrons. The zero-order valence-electron chi connectivity index (χ0n) is 8.42. The van der Waals surface area contributed by atoms with Crippen molar-refractivity contribution in [2.75, 3.05) is 19.6 Å². The van der Waals surface area contributed by atoms with Crippen LogP contribution in [0.15, 0.2) is 0 Å². The highest BCUT2D eigenvalue weighted by Crippen LogP contribution is 2.33. The van der Waals surface area contributed by atoms with Crippen LogP contribution in [0.5, 0.6) is 0 Å². The van der Waals surface area contributed by atoms with Crippen LogP contribution < -0.4 is 0 Å². The molecule has 0 aromatic carbocycles. The lowest BCUT2D eigenvalue weighted by Gasteiger charge is -2.30. The van der Waals surface area contributed by atoms with Gasteiger partial charge in [0.05, 0.1) is 0 Å². The molecule has 70 valence electrons. The van der Waals surface area contributed by atoms with Crippen LogP contribution in [-0.2, 0) is 0 Å². The van der Waals surface area contributed by atoms with Crippen LogP contribution in [0.25, 0.3) is 0 Å². The number of rotatable bonds is 2. The van der Waals surface area contributed by atoms with Crippen molar-refractivity contribution in [1.82, 2.24) is 4.90 Å². The van der Waals surface area contributed by atoms with Crippen LogP contribution in [0.1, 0.15) is 33.1 Å². The van der Waals surface area contributed by atoms with Gasteiger partial charge in [-0.25, -0.2) is 0 Å². The molecular formula is C11H21N. The van der Waals surface area contributed by atoms with Gasteiger partial charge in [0.1, 0.15) is 0 Å². The molecule has 3 atom stereocenters. The molecule has 0 amide bonds. The Balaban J connectivity index is 1.85. The Morgan fingerprint density at radius 1 is 1.33 bits per heavy atom. The molecule has 0 aromatic rings. The zero-order valence-corrected chi connectivity index (χ0v) is 8.42. The van der Waals surface area contributed by atoms with Gasteiger partial charge in [-0.15, -0.1) is 0 Å². The van der Waals surface area contributed by atoms with Crippen molar-refractivity contribution in [3.63, 3.8) is 0 Å². The largest absolute Gasteiger partial charge is 0.303 e. The van der Waals surface area contributed by atoms with E-state index >= 15 is 0 Å². The van der Waals surface area contributed by atoms with Gasteiger partial charge in [0.2, 0.25) is 0 Å². The van der Waals surface area contributed by atoms with Crippen LogP contribution in [0, 0.1) is 17.8 Å². The second-order valence-electron chi connectivity index (χ2n) is 5.15. The van der Waals surface area contributed by atoms with E-state index in [0.29, 0.717) is 0 Å². The molecule has 0 saturated carbocycles. The molecule has 0 N–H and O–H groups in total. The van der Waals surface area contributed by atoms with Crippen molar-refractivity contribution >= 4 is 0 Å². The monoisotopic (exact) mass is 167 g/mol. The van der Waals surface area contributed by atoms with Crippen molar-refractivity contribution in [2.45, 2.75) is 33.1 Å². The molecule has 2 saturated heterocycles. The number of hydrogen-bond acceptors (Lipinski definition) is 1. The van der Waals surface area contributed by atoms with E-state index in [1.807, 2.05) is 0 Å². The van der Waals surface area contributed by atoms with Crippen LogP contribution >= 0.6 is 0 Å². The summed E-state index contributed by atoms with van der Waals surface area (Å²) in [5.41, 5.74) is 0. The normalized spacial score (nSPS) is 40.8. The second-order valence-corrected chi connectivity index (χ2v) is 5.15. The molecule has 1 unspecified atom stereocenters. The van der Waals surface area contributed by atoms with Gasteiger partial charge >= 0.3 is 0 Å². The molecule has 2 aliphatic rings. The number of hydrogen-bond donors (Lipinski definition) is 0. The van der Waals surface area contributed by atoms with Crippen molar-refractivity contribution in [3.8, 4) is 0 Å². The fraction of sp³-hybridized carbons (Fsp3) is 1.00. The highest BCUT2D eigenvalue weighted by Gasteiger charge is 2.32. The maximum atomic E-state index is 2.67. The van der Waals surface area contributed by atoms with E-state index in [2.05, 4.69) is 18.7 Å². The summed E-state index contributed by atoms with van der Waals surface area (Å²) in [5, 5.41) is 0. The van der Waals surface area contributed by atoms with Gasteiger partial charge in [0, 0.05) is 13.1 Å². The van der Waals surface area contributed by atoms with Gasteiger partial charge in [0.15, 0.2) is 0 Å². The molecular weight excluding hydrogens is 146 g/mol. The third-order valence-electron chi connectivity index (χ3n) is 3.36. The molecule has 0 spiro atoms. The summed E-state index contributed by atoms with van der Waals surface area (Å²) in [6.07, 6.45) is 4.45. The van der Waals surface area contributed by atoms with Gasteiger partial charge in [0.25, 0.3) is 0 Å². The molecule has 1 heteroatoms. The van der Waals surface area contributed by atoms with Gasteiger partial charge in [-0.1, -0.05) is 13.8 Å². The Morgan fingerprint density at radius 2 is 2.17 bits per heavy atom. The average Bonchev–Trinajstić information content (AvgIpc) is 2.29. The van der Waals surface area contributed by atoms with E-state index in [1.165, 1.54) is 38.9 Å². The van der Waals surface area contributed by atoms with Gasteiger partial charge in [-0.2, -0.15) is 0 Å². The highest BCUT2D eigenvalue weighted by molar-refractivity contribution is 4.85. The van der Waals surface area contributed by atoms with Crippen molar-refractivity contribution < 1.29 is 0 Å². The molecule has 1 nitrogen and oxygen atoms in total. The first kappa shape index (κ1) is 8.55. The predicted molar refractivity (Wildman–Crippen MR) is 52.1 cm³/mol. The lowest BCUT2D eigenvalue weighted by Crippen LogP contribution is -2.33. The Morgan fingerprint density at radius 3 is 2.83 bits per heavy atom. The topological polar surface area (TPSA) is 3.24 Å². The molecule has 2 rings (SSSR count). The summed E-state index contributed by atoms with van der Waals surface area (Å²) >= 11 is 0. The standard InChI is InChI=1S/C11H21N/c1-9(2)5-11-6-10-3-4-12(7-10)8-11/h9-11H,3-8H2,1-2H3/t10-,11+/m0/s1. The van der Waals surface area contributed by atoms with E-state index in [4.69, 9.17) is 0 Å². The third-order valence-corrected chi connectivity index (χ3v) is 3.36. The van der Waals surface area contributed by atoms with Crippen molar-refractivity contribution in [2.24, 2.45) is 17.8 Å². The predicted octanol–water partition coefficient (Wildman–Crippen LogP) is 2.37. The smallest absolute Gasteiger partial charge is 0.00104 e. The summed E-state index contributed by atoms with van der Waals surface area (Å²) in [4.78, 5) is 2.67. The molecule has 0 aliphatic carbocycles. The molecule has 2 heterocycles. The maximum absolute atomic E-state index is 2.67. The second kappa shape index (κ2) is 3.37.